The van der Waals surface area contributed by atoms with Gasteiger partial charge in [-0.1, -0.05) is 23.4 Å². The van der Waals surface area contributed by atoms with Crippen LogP contribution < -0.4 is 5.32 Å². The second-order valence-corrected chi connectivity index (χ2v) is 8.49. The van der Waals surface area contributed by atoms with Crippen molar-refractivity contribution in [3.8, 4) is 0 Å². The third kappa shape index (κ3) is 4.10. The first-order valence-electron chi connectivity index (χ1n) is 11.1. The Hall–Kier alpha value is -3.26. The monoisotopic (exact) mass is 434 g/mol. The molecule has 32 heavy (non-hydrogen) atoms. The fraction of sp³-hybridized carbons (Fsp3) is 0.417. The number of likely N-dealkylation sites (tertiary alicyclic amines) is 1. The number of carbonyl (C=O) groups is 2. The van der Waals surface area contributed by atoms with E-state index in [1.54, 1.807) is 18.1 Å². The molecule has 8 heteroatoms. The quantitative estimate of drug-likeness (QED) is 0.574. The number of rotatable bonds is 7. The van der Waals surface area contributed by atoms with Crippen molar-refractivity contribution in [3.63, 3.8) is 0 Å². The predicted molar refractivity (Wildman–Crippen MR) is 118 cm³/mol. The van der Waals surface area contributed by atoms with Gasteiger partial charge in [-0.05, 0) is 31.4 Å². The fourth-order valence-electron chi connectivity index (χ4n) is 4.25. The van der Waals surface area contributed by atoms with Crippen LogP contribution in [0, 0.1) is 0 Å². The number of nitrogens with zero attached hydrogens (tertiary/aromatic N) is 3. The van der Waals surface area contributed by atoms with E-state index in [-0.39, 0.29) is 17.7 Å². The van der Waals surface area contributed by atoms with Gasteiger partial charge in [0, 0.05) is 55.7 Å². The molecule has 0 bridgehead atoms. The van der Waals surface area contributed by atoms with Gasteiger partial charge < -0.3 is 19.5 Å². The van der Waals surface area contributed by atoms with E-state index in [2.05, 4.69) is 10.5 Å². The maximum Gasteiger partial charge on any atom is 0.276 e. The number of methoxy groups -OCH3 is 1. The molecule has 2 aliphatic rings. The van der Waals surface area contributed by atoms with E-state index in [1.807, 2.05) is 30.3 Å². The first-order valence-corrected chi connectivity index (χ1v) is 11.1. The van der Waals surface area contributed by atoms with Crippen LogP contribution in [-0.2, 0) is 4.74 Å². The second-order valence-electron chi connectivity index (χ2n) is 8.49. The number of amides is 2. The number of para-hydroxylation sites is 1. The molecule has 1 aliphatic heterocycles. The molecule has 5 rings (SSSR count). The average Bonchev–Trinajstić information content (AvgIpc) is 3.34. The van der Waals surface area contributed by atoms with E-state index in [9.17, 15) is 9.59 Å². The Morgan fingerprint density at radius 3 is 2.84 bits per heavy atom. The summed E-state index contributed by atoms with van der Waals surface area (Å²) in [4.78, 5) is 32.4. The summed E-state index contributed by atoms with van der Waals surface area (Å²) in [5.74, 6) is 1.03. The first kappa shape index (κ1) is 20.6. The standard InChI is InChI=1S/C24H26N4O4/c1-31-11-9-25-23(29)18-12-20(26-19-5-3-2-4-17(18)19)16-8-10-28(14-16)24(30)21-13-22(32-27-21)15-6-7-15/h2-5,12-13,15-16H,6-11,14H2,1H3,(H,25,29). The molecule has 0 radical (unpaired) electrons. The van der Waals surface area contributed by atoms with E-state index >= 15 is 0 Å². The summed E-state index contributed by atoms with van der Waals surface area (Å²) < 4.78 is 10.4. The van der Waals surface area contributed by atoms with Crippen LogP contribution in [-0.4, -0.2) is 60.2 Å². The molecule has 1 aromatic carbocycles. The van der Waals surface area contributed by atoms with Gasteiger partial charge in [-0.3, -0.25) is 14.6 Å². The zero-order chi connectivity index (χ0) is 22.1. The van der Waals surface area contributed by atoms with E-state index in [0.29, 0.717) is 43.4 Å². The average molecular weight is 434 g/mol. The molecule has 1 N–H and O–H groups in total. The molecule has 1 atom stereocenters. The third-order valence-electron chi connectivity index (χ3n) is 6.19. The highest BCUT2D eigenvalue weighted by Gasteiger charge is 2.33. The molecule has 2 amide bonds. The maximum absolute atomic E-state index is 12.9. The second kappa shape index (κ2) is 8.70. The van der Waals surface area contributed by atoms with Gasteiger partial charge in [0.1, 0.15) is 5.76 Å². The highest BCUT2D eigenvalue weighted by Crippen LogP contribution is 2.40. The van der Waals surface area contributed by atoms with Crippen molar-refractivity contribution in [1.82, 2.24) is 20.4 Å². The minimum absolute atomic E-state index is 0.0592. The molecule has 1 saturated carbocycles. The smallest absolute Gasteiger partial charge is 0.276 e. The minimum Gasteiger partial charge on any atom is -0.383 e. The molecule has 166 valence electrons. The Kier molecular flexibility index (Phi) is 5.61. The number of aromatic nitrogens is 2. The topological polar surface area (TPSA) is 97.6 Å². The Morgan fingerprint density at radius 1 is 1.19 bits per heavy atom. The van der Waals surface area contributed by atoms with Gasteiger partial charge >= 0.3 is 0 Å². The summed E-state index contributed by atoms with van der Waals surface area (Å²) in [6.45, 7) is 2.05. The lowest BCUT2D eigenvalue weighted by Gasteiger charge is -2.16. The molecule has 2 aromatic heterocycles. The maximum atomic E-state index is 12.9. The molecular formula is C24H26N4O4. The number of hydrogen-bond donors (Lipinski definition) is 1. The largest absolute Gasteiger partial charge is 0.383 e. The summed E-state index contributed by atoms with van der Waals surface area (Å²) in [5, 5.41) is 7.70. The third-order valence-corrected chi connectivity index (χ3v) is 6.19. The number of benzene rings is 1. The fourth-order valence-corrected chi connectivity index (χ4v) is 4.25. The van der Waals surface area contributed by atoms with Crippen LogP contribution in [0.2, 0.25) is 0 Å². The van der Waals surface area contributed by atoms with Crippen molar-refractivity contribution in [3.05, 3.63) is 59.1 Å². The summed E-state index contributed by atoms with van der Waals surface area (Å²) in [7, 11) is 1.60. The van der Waals surface area contributed by atoms with Gasteiger partial charge in [0.15, 0.2) is 5.69 Å². The molecule has 2 fully saturated rings. The van der Waals surface area contributed by atoms with Crippen molar-refractivity contribution in [1.29, 1.82) is 0 Å². The highest BCUT2D eigenvalue weighted by atomic mass is 16.5. The first-order chi connectivity index (χ1) is 15.6. The van der Waals surface area contributed by atoms with E-state index < -0.39 is 0 Å². The number of ether oxygens (including phenoxy) is 1. The van der Waals surface area contributed by atoms with Gasteiger partial charge in [0.25, 0.3) is 11.8 Å². The molecule has 1 saturated heterocycles. The highest BCUT2D eigenvalue weighted by molar-refractivity contribution is 6.06. The number of hydrogen-bond acceptors (Lipinski definition) is 6. The van der Waals surface area contributed by atoms with Crippen LogP contribution in [0.5, 0.6) is 0 Å². The SMILES string of the molecule is COCCNC(=O)c1cc(C2CCN(C(=O)c3cc(C4CC4)on3)C2)nc2ccccc12. The number of carbonyl (C=O) groups excluding carboxylic acids is 2. The van der Waals surface area contributed by atoms with Gasteiger partial charge in [0.05, 0.1) is 17.7 Å². The van der Waals surface area contributed by atoms with Gasteiger partial charge in [-0.15, -0.1) is 0 Å². The molecule has 1 aliphatic carbocycles. The van der Waals surface area contributed by atoms with E-state index in [0.717, 1.165) is 41.6 Å². The van der Waals surface area contributed by atoms with Crippen LogP contribution in [0.3, 0.4) is 0 Å². The van der Waals surface area contributed by atoms with Crippen molar-refractivity contribution in [2.45, 2.75) is 31.1 Å². The van der Waals surface area contributed by atoms with Crippen LogP contribution >= 0.6 is 0 Å². The van der Waals surface area contributed by atoms with Crippen molar-refractivity contribution < 1.29 is 18.8 Å². The van der Waals surface area contributed by atoms with Crippen molar-refractivity contribution >= 4 is 22.7 Å². The van der Waals surface area contributed by atoms with Crippen LogP contribution in [0.4, 0.5) is 0 Å². The zero-order valence-electron chi connectivity index (χ0n) is 18.0. The zero-order valence-corrected chi connectivity index (χ0v) is 18.0. The normalized spacial score (nSPS) is 18.3. The minimum atomic E-state index is -0.150. The lowest BCUT2D eigenvalue weighted by molar-refractivity contribution is 0.0779. The molecule has 0 spiro atoms. The number of fused-ring (bicyclic) bond motifs is 1. The summed E-state index contributed by atoms with van der Waals surface area (Å²) in [6.07, 6.45) is 2.99. The van der Waals surface area contributed by atoms with Gasteiger partial charge in [-0.25, -0.2) is 0 Å². The summed E-state index contributed by atoms with van der Waals surface area (Å²) >= 11 is 0. The van der Waals surface area contributed by atoms with E-state index in [1.165, 1.54) is 0 Å². The Balaban J connectivity index is 1.36. The molecular weight excluding hydrogens is 408 g/mol. The lowest BCUT2D eigenvalue weighted by atomic mass is 9.99. The van der Waals surface area contributed by atoms with Crippen LogP contribution in [0.1, 0.15) is 63.4 Å². The number of nitrogens with one attached hydrogen (secondary N) is 1. The van der Waals surface area contributed by atoms with E-state index in [4.69, 9.17) is 14.2 Å². The Labute approximate surface area is 185 Å². The molecule has 8 nitrogen and oxygen atoms in total. The summed E-state index contributed by atoms with van der Waals surface area (Å²) in [6, 6.07) is 11.3. The van der Waals surface area contributed by atoms with Crippen LogP contribution in [0.25, 0.3) is 10.9 Å². The Bertz CT molecular complexity index is 1150. The molecule has 3 aromatic rings. The molecule has 3 heterocycles. The van der Waals surface area contributed by atoms with Gasteiger partial charge in [0.2, 0.25) is 0 Å². The van der Waals surface area contributed by atoms with Crippen molar-refractivity contribution in [2.24, 2.45) is 0 Å². The lowest BCUT2D eigenvalue weighted by Crippen LogP contribution is -2.29. The molecule has 1 unspecified atom stereocenters. The Morgan fingerprint density at radius 2 is 2.03 bits per heavy atom. The van der Waals surface area contributed by atoms with Gasteiger partial charge in [-0.2, -0.15) is 0 Å². The predicted octanol–water partition coefficient (Wildman–Crippen LogP) is 3.11. The van der Waals surface area contributed by atoms with Crippen molar-refractivity contribution in [2.75, 3.05) is 33.4 Å². The van der Waals surface area contributed by atoms with Crippen LogP contribution in [0.15, 0.2) is 40.9 Å². The number of pyridine rings is 1. The summed E-state index contributed by atoms with van der Waals surface area (Å²) in [5.41, 5.74) is 2.57.